The monoisotopic (exact) mass is 184 g/mol. The van der Waals surface area contributed by atoms with E-state index in [9.17, 15) is 5.11 Å². The molecule has 14 heavy (non-hydrogen) atoms. The molecule has 0 aliphatic carbocycles. The summed E-state index contributed by atoms with van der Waals surface area (Å²) in [4.78, 5) is 0. The maximum absolute atomic E-state index is 9.53. The Labute approximate surface area is 81.5 Å². The molecule has 0 saturated heterocycles. The Morgan fingerprint density at radius 1 is 1.21 bits per heavy atom. The van der Waals surface area contributed by atoms with Gasteiger partial charge in [-0.2, -0.15) is 5.26 Å². The first-order valence-electron chi connectivity index (χ1n) is 4.18. The van der Waals surface area contributed by atoms with Crippen molar-refractivity contribution in [2.24, 2.45) is 0 Å². The Morgan fingerprint density at radius 2 is 1.93 bits per heavy atom. The summed E-state index contributed by atoms with van der Waals surface area (Å²) < 4.78 is 1.57. The summed E-state index contributed by atoms with van der Waals surface area (Å²) in [5.74, 6) is 0.0766. The van der Waals surface area contributed by atoms with Crippen LogP contribution < -0.4 is 0 Å². The van der Waals surface area contributed by atoms with Crippen molar-refractivity contribution in [1.82, 2.24) is 4.57 Å². The molecule has 0 aliphatic rings. The summed E-state index contributed by atoms with van der Waals surface area (Å²) in [7, 11) is 0. The minimum atomic E-state index is 0.0766. The average molecular weight is 184 g/mol. The molecular weight excluding hydrogens is 176 g/mol. The Balaban J connectivity index is 2.53. The minimum absolute atomic E-state index is 0.0766. The number of nitriles is 1. The van der Waals surface area contributed by atoms with Gasteiger partial charge in [-0.05, 0) is 12.1 Å². The molecule has 0 radical (unpaired) electrons. The van der Waals surface area contributed by atoms with Gasteiger partial charge < -0.3 is 5.11 Å². The van der Waals surface area contributed by atoms with Crippen molar-refractivity contribution in [2.45, 2.75) is 0 Å². The summed E-state index contributed by atoms with van der Waals surface area (Å²) in [6.45, 7) is 0. The number of para-hydroxylation sites is 1. The number of benzene rings is 1. The van der Waals surface area contributed by atoms with Crippen LogP contribution in [0.4, 0.5) is 0 Å². The van der Waals surface area contributed by atoms with Crippen LogP contribution in [0.3, 0.4) is 0 Å². The van der Waals surface area contributed by atoms with Gasteiger partial charge in [0.05, 0.1) is 5.56 Å². The van der Waals surface area contributed by atoms with Gasteiger partial charge in [0, 0.05) is 18.0 Å². The largest absolute Gasteiger partial charge is 0.494 e. The highest BCUT2D eigenvalue weighted by atomic mass is 16.3. The molecule has 3 nitrogen and oxygen atoms in total. The van der Waals surface area contributed by atoms with Crippen molar-refractivity contribution in [2.75, 3.05) is 0 Å². The highest BCUT2D eigenvalue weighted by molar-refractivity contribution is 5.42. The Kier molecular flexibility index (Phi) is 1.96. The molecule has 0 amide bonds. The number of rotatable bonds is 1. The van der Waals surface area contributed by atoms with Crippen LogP contribution in [0.25, 0.3) is 5.69 Å². The van der Waals surface area contributed by atoms with Gasteiger partial charge >= 0.3 is 0 Å². The predicted molar refractivity (Wildman–Crippen MR) is 52.1 cm³/mol. The number of aromatic hydroxyl groups is 1. The number of aromatic nitrogens is 1. The zero-order valence-electron chi connectivity index (χ0n) is 7.38. The molecule has 0 bridgehead atoms. The molecule has 0 atom stereocenters. The van der Waals surface area contributed by atoms with E-state index in [-0.39, 0.29) is 5.88 Å². The second-order valence-corrected chi connectivity index (χ2v) is 2.90. The first-order valence-corrected chi connectivity index (χ1v) is 4.18. The Bertz CT molecular complexity index is 480. The van der Waals surface area contributed by atoms with Gasteiger partial charge in [0.1, 0.15) is 6.07 Å². The van der Waals surface area contributed by atoms with Gasteiger partial charge in [-0.15, -0.1) is 0 Å². The first-order chi connectivity index (χ1) is 6.81. The van der Waals surface area contributed by atoms with E-state index >= 15 is 0 Å². The van der Waals surface area contributed by atoms with Gasteiger partial charge in [-0.1, -0.05) is 18.2 Å². The quantitative estimate of drug-likeness (QED) is 0.737. The molecule has 0 saturated carbocycles. The fourth-order valence-electron chi connectivity index (χ4n) is 1.31. The summed E-state index contributed by atoms with van der Waals surface area (Å²) in [6, 6.07) is 12.8. The van der Waals surface area contributed by atoms with Gasteiger partial charge in [0.15, 0.2) is 5.88 Å². The van der Waals surface area contributed by atoms with E-state index in [2.05, 4.69) is 0 Å². The van der Waals surface area contributed by atoms with Crippen LogP contribution in [0.2, 0.25) is 0 Å². The molecule has 0 unspecified atom stereocenters. The van der Waals surface area contributed by atoms with Crippen LogP contribution in [0.5, 0.6) is 5.88 Å². The van der Waals surface area contributed by atoms with E-state index in [1.54, 1.807) is 10.8 Å². The Hall–Kier alpha value is -2.21. The smallest absolute Gasteiger partial charge is 0.196 e. The minimum Gasteiger partial charge on any atom is -0.494 e. The maximum atomic E-state index is 9.53. The molecule has 3 heteroatoms. The maximum Gasteiger partial charge on any atom is 0.196 e. The predicted octanol–water partition coefficient (Wildman–Crippen LogP) is 2.05. The highest BCUT2D eigenvalue weighted by Gasteiger charge is 2.04. The second kappa shape index (κ2) is 3.27. The Morgan fingerprint density at radius 3 is 2.50 bits per heavy atom. The molecule has 1 heterocycles. The summed E-state index contributed by atoms with van der Waals surface area (Å²) in [5.41, 5.74) is 1.29. The number of hydrogen-bond acceptors (Lipinski definition) is 2. The summed E-state index contributed by atoms with van der Waals surface area (Å²) in [6.07, 6.45) is 1.60. The lowest BCUT2D eigenvalue weighted by molar-refractivity contribution is 0.443. The van der Waals surface area contributed by atoms with Gasteiger partial charge in [-0.3, -0.25) is 4.57 Å². The van der Waals surface area contributed by atoms with Crippen molar-refractivity contribution < 1.29 is 5.11 Å². The lowest BCUT2D eigenvalue weighted by Crippen LogP contribution is -1.89. The topological polar surface area (TPSA) is 48.9 Å². The number of hydrogen-bond donors (Lipinski definition) is 1. The standard InChI is InChI=1S/C11H8N2O/c12-7-9-6-11(14)13(8-9)10-4-2-1-3-5-10/h1-6,8,14H. The zero-order valence-corrected chi connectivity index (χ0v) is 7.38. The zero-order chi connectivity index (χ0) is 9.97. The molecular formula is C11H8N2O. The van der Waals surface area contributed by atoms with Gasteiger partial charge in [0.2, 0.25) is 0 Å². The van der Waals surface area contributed by atoms with Crippen molar-refractivity contribution in [3.63, 3.8) is 0 Å². The van der Waals surface area contributed by atoms with E-state index in [1.165, 1.54) is 6.07 Å². The van der Waals surface area contributed by atoms with Gasteiger partial charge in [-0.25, -0.2) is 0 Å². The van der Waals surface area contributed by atoms with E-state index in [4.69, 9.17) is 5.26 Å². The first kappa shape index (κ1) is 8.39. The van der Waals surface area contributed by atoms with E-state index in [1.807, 2.05) is 36.4 Å². The third kappa shape index (κ3) is 1.34. The third-order valence-corrected chi connectivity index (χ3v) is 1.96. The average Bonchev–Trinajstić information content (AvgIpc) is 2.61. The van der Waals surface area contributed by atoms with E-state index < -0.39 is 0 Å². The number of nitrogens with zero attached hydrogens (tertiary/aromatic N) is 2. The van der Waals surface area contributed by atoms with Crippen LogP contribution in [0, 0.1) is 11.3 Å². The van der Waals surface area contributed by atoms with E-state index in [0.717, 1.165) is 5.69 Å². The molecule has 2 aromatic rings. The van der Waals surface area contributed by atoms with Crippen LogP contribution in [-0.4, -0.2) is 9.67 Å². The molecule has 68 valence electrons. The molecule has 1 aromatic carbocycles. The molecule has 0 aliphatic heterocycles. The lowest BCUT2D eigenvalue weighted by atomic mass is 10.3. The molecule has 0 spiro atoms. The molecule has 0 fully saturated rings. The SMILES string of the molecule is N#Cc1cc(O)n(-c2ccccc2)c1. The van der Waals surface area contributed by atoms with Crippen molar-refractivity contribution in [3.8, 4) is 17.6 Å². The fraction of sp³-hybridized carbons (Fsp3) is 0. The third-order valence-electron chi connectivity index (χ3n) is 1.96. The second-order valence-electron chi connectivity index (χ2n) is 2.90. The van der Waals surface area contributed by atoms with Crippen LogP contribution in [0.1, 0.15) is 5.56 Å². The van der Waals surface area contributed by atoms with Crippen LogP contribution >= 0.6 is 0 Å². The molecule has 1 aromatic heterocycles. The van der Waals surface area contributed by atoms with Crippen LogP contribution in [0.15, 0.2) is 42.6 Å². The highest BCUT2D eigenvalue weighted by Crippen LogP contribution is 2.19. The summed E-state index contributed by atoms with van der Waals surface area (Å²) in [5, 5.41) is 18.2. The summed E-state index contributed by atoms with van der Waals surface area (Å²) >= 11 is 0. The van der Waals surface area contributed by atoms with Crippen molar-refractivity contribution in [3.05, 3.63) is 48.2 Å². The normalized spacial score (nSPS) is 9.64. The molecule has 1 N–H and O–H groups in total. The van der Waals surface area contributed by atoms with Crippen LogP contribution in [-0.2, 0) is 0 Å². The molecule has 2 rings (SSSR count). The lowest BCUT2D eigenvalue weighted by Gasteiger charge is -2.02. The van der Waals surface area contributed by atoms with Gasteiger partial charge in [0.25, 0.3) is 0 Å². The van der Waals surface area contributed by atoms with Crippen molar-refractivity contribution in [1.29, 1.82) is 5.26 Å². The van der Waals surface area contributed by atoms with E-state index in [0.29, 0.717) is 5.56 Å². The van der Waals surface area contributed by atoms with Crippen molar-refractivity contribution >= 4 is 0 Å². The fourth-order valence-corrected chi connectivity index (χ4v) is 1.31.